The summed E-state index contributed by atoms with van der Waals surface area (Å²) in [5.41, 5.74) is 0. The maximum Gasteiger partial charge on any atom is 0.420 e. The van der Waals surface area contributed by atoms with Crippen molar-refractivity contribution >= 4 is 7.60 Å². The Morgan fingerprint density at radius 2 is 1.69 bits per heavy atom. The van der Waals surface area contributed by atoms with Crippen molar-refractivity contribution in [1.29, 1.82) is 0 Å². The number of rotatable bonds is 4. The Morgan fingerprint density at radius 1 is 1.31 bits per heavy atom. The summed E-state index contributed by atoms with van der Waals surface area (Å²) in [6.45, 7) is 0. The van der Waals surface area contributed by atoms with Crippen molar-refractivity contribution in [1.82, 2.24) is 0 Å². The summed E-state index contributed by atoms with van der Waals surface area (Å²) in [5, 5.41) is 0. The van der Waals surface area contributed by atoms with Gasteiger partial charge in [-0.15, -0.1) is 0 Å². The van der Waals surface area contributed by atoms with Crippen LogP contribution in [0.25, 0.3) is 0 Å². The molecule has 8 heteroatoms. The van der Waals surface area contributed by atoms with E-state index < -0.39 is 26.1 Å². The van der Waals surface area contributed by atoms with E-state index in [0.29, 0.717) is 0 Å². The zero-order valence-corrected chi connectivity index (χ0v) is 7.86. The Bertz CT molecular complexity index is 196. The van der Waals surface area contributed by atoms with Crippen molar-refractivity contribution in [3.05, 3.63) is 0 Å². The molecule has 0 saturated carbocycles. The van der Waals surface area contributed by atoms with Gasteiger partial charge in [0.15, 0.2) is 0 Å². The lowest BCUT2D eigenvalue weighted by atomic mass is 10.4. The fraction of sp³-hybridized carbons (Fsp3) is 1.00. The summed E-state index contributed by atoms with van der Waals surface area (Å²) < 4.78 is 66.6. The van der Waals surface area contributed by atoms with Gasteiger partial charge in [0.25, 0.3) is 0 Å². The minimum absolute atomic E-state index is 0.896. The Morgan fingerprint density at radius 3 is 1.92 bits per heavy atom. The van der Waals surface area contributed by atoms with Crippen LogP contribution in [-0.4, -0.2) is 32.7 Å². The Labute approximate surface area is 72.6 Å². The molecule has 0 aliphatic rings. The molecule has 0 rings (SSSR count). The highest BCUT2D eigenvalue weighted by Crippen LogP contribution is 2.49. The predicted molar refractivity (Wildman–Crippen MR) is 37.4 cm³/mol. The first-order valence-corrected chi connectivity index (χ1v) is 4.89. The number of alkyl halides is 4. The second-order valence-corrected chi connectivity index (χ2v) is 4.49. The summed E-state index contributed by atoms with van der Waals surface area (Å²) in [6, 6.07) is 0. The van der Waals surface area contributed by atoms with Crippen LogP contribution >= 0.6 is 7.60 Å². The van der Waals surface area contributed by atoms with Gasteiger partial charge in [-0.3, -0.25) is 4.57 Å². The monoisotopic (exact) mass is 224 g/mol. The minimum atomic E-state index is -5.03. The molecule has 80 valence electrons. The van der Waals surface area contributed by atoms with Crippen LogP contribution in [0.15, 0.2) is 0 Å². The topological polar surface area (TPSA) is 35.5 Å². The lowest BCUT2D eigenvalue weighted by molar-refractivity contribution is -0.174. The highest BCUT2D eigenvalue weighted by atomic mass is 31.2. The van der Waals surface area contributed by atoms with E-state index in [1.165, 1.54) is 0 Å². The second-order valence-electron chi connectivity index (χ2n) is 2.17. The summed E-state index contributed by atoms with van der Waals surface area (Å²) >= 11 is 0. The molecular weight excluding hydrogens is 215 g/mol. The van der Waals surface area contributed by atoms with Crippen LogP contribution in [0.5, 0.6) is 0 Å². The van der Waals surface area contributed by atoms with Gasteiger partial charge in [-0.1, -0.05) is 0 Å². The largest absolute Gasteiger partial charge is 0.420 e. The minimum Gasteiger partial charge on any atom is -0.312 e. The molecule has 0 aromatic carbocycles. The molecule has 0 radical (unpaired) electrons. The number of hydrogen-bond donors (Lipinski definition) is 0. The van der Waals surface area contributed by atoms with E-state index in [1.54, 1.807) is 0 Å². The molecule has 0 fully saturated rings. The van der Waals surface area contributed by atoms with Crippen LogP contribution in [0.4, 0.5) is 17.6 Å². The maximum absolute atomic E-state index is 12.3. The smallest absolute Gasteiger partial charge is 0.312 e. The molecule has 0 amide bonds. The van der Waals surface area contributed by atoms with Crippen LogP contribution in [-0.2, 0) is 13.6 Å². The van der Waals surface area contributed by atoms with E-state index in [2.05, 4.69) is 9.05 Å². The number of halogens is 4. The third kappa shape index (κ3) is 4.06. The van der Waals surface area contributed by atoms with E-state index in [-0.39, 0.29) is 0 Å². The first-order valence-electron chi connectivity index (χ1n) is 3.16. The molecule has 0 aliphatic heterocycles. The maximum atomic E-state index is 12.3. The average Bonchev–Trinajstić information content (AvgIpc) is 2.02. The van der Waals surface area contributed by atoms with E-state index >= 15 is 0 Å². The summed E-state index contributed by atoms with van der Waals surface area (Å²) in [6.07, 6.45) is -9.55. The quantitative estimate of drug-likeness (QED) is 0.543. The Hall–Kier alpha value is -0.130. The third-order valence-electron chi connectivity index (χ3n) is 1.30. The molecule has 13 heavy (non-hydrogen) atoms. The molecule has 0 bridgehead atoms. The van der Waals surface area contributed by atoms with Crippen molar-refractivity contribution in [3.8, 4) is 0 Å². The predicted octanol–water partition coefficient (Wildman–Crippen LogP) is 2.37. The summed E-state index contributed by atoms with van der Waals surface area (Å²) in [7, 11) is -2.14. The Balaban J connectivity index is 4.35. The van der Waals surface area contributed by atoms with Crippen LogP contribution in [0.1, 0.15) is 0 Å². The molecule has 1 unspecified atom stereocenters. The van der Waals surface area contributed by atoms with Crippen molar-refractivity contribution in [2.75, 3.05) is 20.4 Å². The van der Waals surface area contributed by atoms with Crippen LogP contribution < -0.4 is 0 Å². The lowest BCUT2D eigenvalue weighted by Gasteiger charge is -2.17. The van der Waals surface area contributed by atoms with Crippen molar-refractivity contribution in [2.45, 2.75) is 12.3 Å². The molecule has 3 nitrogen and oxygen atoms in total. The molecule has 0 aliphatic carbocycles. The second kappa shape index (κ2) is 4.39. The first-order chi connectivity index (χ1) is 5.75. The van der Waals surface area contributed by atoms with Crippen molar-refractivity contribution in [2.24, 2.45) is 0 Å². The van der Waals surface area contributed by atoms with Crippen LogP contribution in [0.2, 0.25) is 0 Å². The van der Waals surface area contributed by atoms with Crippen molar-refractivity contribution < 1.29 is 31.2 Å². The molecule has 0 N–H and O–H groups in total. The first kappa shape index (κ1) is 12.9. The van der Waals surface area contributed by atoms with E-state index in [4.69, 9.17) is 0 Å². The van der Waals surface area contributed by atoms with E-state index in [0.717, 1.165) is 14.2 Å². The highest BCUT2D eigenvalue weighted by molar-refractivity contribution is 7.53. The van der Waals surface area contributed by atoms with Gasteiger partial charge in [0, 0.05) is 14.2 Å². The van der Waals surface area contributed by atoms with Crippen LogP contribution in [0.3, 0.4) is 0 Å². The third-order valence-corrected chi connectivity index (χ3v) is 3.18. The Kier molecular flexibility index (Phi) is 4.35. The average molecular weight is 224 g/mol. The van der Waals surface area contributed by atoms with Gasteiger partial charge in [0.2, 0.25) is 6.17 Å². The fourth-order valence-corrected chi connectivity index (χ4v) is 1.57. The molecule has 0 saturated heterocycles. The SMILES string of the molecule is COP(=O)(CC(F)C(F)(F)F)OC. The van der Waals surface area contributed by atoms with E-state index in [9.17, 15) is 22.1 Å². The van der Waals surface area contributed by atoms with Gasteiger partial charge in [-0.05, 0) is 0 Å². The van der Waals surface area contributed by atoms with Crippen molar-refractivity contribution in [3.63, 3.8) is 0 Å². The molecule has 0 aromatic rings. The normalized spacial score (nSPS) is 15.8. The van der Waals surface area contributed by atoms with Gasteiger partial charge < -0.3 is 9.05 Å². The highest BCUT2D eigenvalue weighted by Gasteiger charge is 2.45. The van der Waals surface area contributed by atoms with E-state index in [1.807, 2.05) is 0 Å². The zero-order valence-electron chi connectivity index (χ0n) is 6.97. The standard InChI is InChI=1S/C5H9F4O3P/c1-11-13(10,12-2)3-4(6)5(7,8)9/h4H,3H2,1-2H3. The number of hydrogen-bond acceptors (Lipinski definition) is 3. The van der Waals surface area contributed by atoms with Gasteiger partial charge in [-0.2, -0.15) is 13.2 Å². The summed E-state index contributed by atoms with van der Waals surface area (Å²) in [4.78, 5) is 0. The van der Waals surface area contributed by atoms with Crippen LogP contribution in [0, 0.1) is 0 Å². The fourth-order valence-electron chi connectivity index (χ4n) is 0.523. The molecule has 0 heterocycles. The van der Waals surface area contributed by atoms with Gasteiger partial charge in [-0.25, -0.2) is 4.39 Å². The van der Waals surface area contributed by atoms with Gasteiger partial charge in [0.1, 0.15) is 0 Å². The molecule has 0 aromatic heterocycles. The summed E-state index contributed by atoms with van der Waals surface area (Å²) in [5.74, 6) is 0. The molecular formula is C5H9F4O3P. The lowest BCUT2D eigenvalue weighted by Crippen LogP contribution is -2.28. The van der Waals surface area contributed by atoms with Gasteiger partial charge in [0.05, 0.1) is 6.16 Å². The molecule has 0 spiro atoms. The zero-order chi connectivity index (χ0) is 10.7. The van der Waals surface area contributed by atoms with Gasteiger partial charge >= 0.3 is 13.8 Å². The molecule has 1 atom stereocenters.